The number of para-hydroxylation sites is 1. The molecule has 1 aliphatic rings. The Balaban J connectivity index is 1.49. The van der Waals surface area contributed by atoms with E-state index in [1.807, 2.05) is 30.3 Å². The van der Waals surface area contributed by atoms with Crippen LogP contribution in [-0.2, 0) is 0 Å². The van der Waals surface area contributed by atoms with Crippen molar-refractivity contribution in [3.05, 3.63) is 72.1 Å². The lowest BCUT2D eigenvalue weighted by Gasteiger charge is -2.19. The zero-order valence-corrected chi connectivity index (χ0v) is 18.5. The number of carbonyl (C=O) groups is 1. The second kappa shape index (κ2) is 9.78. The van der Waals surface area contributed by atoms with E-state index >= 15 is 0 Å². The summed E-state index contributed by atoms with van der Waals surface area (Å²) in [5.74, 6) is 2.46. The predicted molar refractivity (Wildman–Crippen MR) is 126 cm³/mol. The number of nitrogen functional groups attached to an aromatic ring is 1. The fourth-order valence-electron chi connectivity index (χ4n) is 4.00. The summed E-state index contributed by atoms with van der Waals surface area (Å²) in [7, 11) is 0. The van der Waals surface area contributed by atoms with Crippen LogP contribution in [0.3, 0.4) is 0 Å². The van der Waals surface area contributed by atoms with E-state index < -0.39 is 0 Å². The normalized spacial score (nSPS) is 16.3. The number of aromatic nitrogens is 2. The van der Waals surface area contributed by atoms with Crippen molar-refractivity contribution in [2.45, 2.75) is 26.3 Å². The van der Waals surface area contributed by atoms with Crippen molar-refractivity contribution in [2.75, 3.05) is 30.7 Å². The highest BCUT2D eigenvalue weighted by Gasteiger charge is 2.26. The molecule has 3 N–H and O–H groups in total. The Bertz CT molecular complexity index is 1050. The topological polar surface area (TPSA) is 93.4 Å². The SMILES string of the molecule is CC(C)CN1CC[C@@H](Nc2ncnc(N)c2C(=O)c2ccc(Oc3ccccc3)cc2)C1. The van der Waals surface area contributed by atoms with Crippen molar-refractivity contribution in [3.8, 4) is 11.5 Å². The molecule has 7 heteroatoms. The fraction of sp³-hybridized carbons (Fsp3) is 0.320. The lowest BCUT2D eigenvalue weighted by atomic mass is 10.0. The van der Waals surface area contributed by atoms with Gasteiger partial charge in [0.2, 0.25) is 0 Å². The summed E-state index contributed by atoms with van der Waals surface area (Å²) in [6.07, 6.45) is 2.39. The third-order valence-electron chi connectivity index (χ3n) is 5.44. The lowest BCUT2D eigenvalue weighted by molar-refractivity contribution is 0.103. The van der Waals surface area contributed by atoms with Gasteiger partial charge in [-0.3, -0.25) is 4.79 Å². The number of hydrogen-bond acceptors (Lipinski definition) is 7. The molecule has 0 unspecified atom stereocenters. The molecule has 4 rings (SSSR count). The number of hydrogen-bond donors (Lipinski definition) is 2. The summed E-state index contributed by atoms with van der Waals surface area (Å²) in [4.78, 5) is 24.1. The number of nitrogens with zero attached hydrogens (tertiary/aromatic N) is 3. The molecule has 2 heterocycles. The van der Waals surface area contributed by atoms with E-state index in [1.165, 1.54) is 6.33 Å². The van der Waals surface area contributed by atoms with Gasteiger partial charge in [-0.05, 0) is 48.7 Å². The van der Waals surface area contributed by atoms with Crippen LogP contribution in [0.15, 0.2) is 60.9 Å². The average Bonchev–Trinajstić information content (AvgIpc) is 3.21. The summed E-state index contributed by atoms with van der Waals surface area (Å²) in [6, 6.07) is 16.7. The van der Waals surface area contributed by atoms with Crippen LogP contribution < -0.4 is 15.8 Å². The maximum atomic E-state index is 13.3. The second-order valence-corrected chi connectivity index (χ2v) is 8.53. The van der Waals surface area contributed by atoms with Crippen molar-refractivity contribution in [3.63, 3.8) is 0 Å². The van der Waals surface area contributed by atoms with E-state index in [-0.39, 0.29) is 17.6 Å². The van der Waals surface area contributed by atoms with E-state index in [9.17, 15) is 4.79 Å². The largest absolute Gasteiger partial charge is 0.457 e. The molecule has 3 aromatic rings. The first kappa shape index (κ1) is 21.8. The van der Waals surface area contributed by atoms with Gasteiger partial charge in [0.15, 0.2) is 5.78 Å². The minimum Gasteiger partial charge on any atom is -0.457 e. The fourth-order valence-corrected chi connectivity index (χ4v) is 4.00. The number of rotatable bonds is 8. The number of nitrogens with two attached hydrogens (primary N) is 1. The Morgan fingerprint density at radius 3 is 2.56 bits per heavy atom. The molecule has 0 bridgehead atoms. The van der Waals surface area contributed by atoms with E-state index in [0.717, 1.165) is 31.8 Å². The molecule has 0 saturated carbocycles. The monoisotopic (exact) mass is 431 g/mol. The molecule has 1 atom stereocenters. The zero-order chi connectivity index (χ0) is 22.5. The van der Waals surface area contributed by atoms with Crippen LogP contribution >= 0.6 is 0 Å². The van der Waals surface area contributed by atoms with Gasteiger partial charge in [-0.25, -0.2) is 9.97 Å². The Morgan fingerprint density at radius 1 is 1.12 bits per heavy atom. The standard InChI is InChI=1S/C25H29N5O2/c1-17(2)14-30-13-12-19(15-30)29-25-22(24(26)27-16-28-25)23(31)18-8-10-21(11-9-18)32-20-6-4-3-5-7-20/h3-11,16-17,19H,12-15H2,1-2H3,(H3,26,27,28,29)/t19-/m1/s1. The molecular weight excluding hydrogens is 402 g/mol. The molecule has 1 aliphatic heterocycles. The van der Waals surface area contributed by atoms with Gasteiger partial charge in [0.05, 0.1) is 0 Å². The van der Waals surface area contributed by atoms with Crippen LogP contribution in [0.2, 0.25) is 0 Å². The number of anilines is 2. The average molecular weight is 432 g/mol. The quantitative estimate of drug-likeness (QED) is 0.516. The Labute approximate surface area is 188 Å². The van der Waals surface area contributed by atoms with E-state index in [0.29, 0.717) is 28.6 Å². The summed E-state index contributed by atoms with van der Waals surface area (Å²) < 4.78 is 5.81. The molecule has 1 aromatic heterocycles. The first-order valence-corrected chi connectivity index (χ1v) is 11.0. The van der Waals surface area contributed by atoms with Crippen LogP contribution in [-0.4, -0.2) is 46.3 Å². The minimum absolute atomic E-state index is 0.175. The lowest BCUT2D eigenvalue weighted by Crippen LogP contribution is -2.29. The number of benzene rings is 2. The van der Waals surface area contributed by atoms with Gasteiger partial charge in [-0.15, -0.1) is 0 Å². The first-order chi connectivity index (χ1) is 15.5. The van der Waals surface area contributed by atoms with Gasteiger partial charge in [0.1, 0.15) is 35.0 Å². The van der Waals surface area contributed by atoms with Gasteiger partial charge < -0.3 is 20.7 Å². The Hall–Kier alpha value is -3.45. The predicted octanol–water partition coefficient (Wildman–Crippen LogP) is 4.22. The molecule has 0 radical (unpaired) electrons. The van der Waals surface area contributed by atoms with Crippen molar-refractivity contribution in [2.24, 2.45) is 5.92 Å². The molecule has 2 aromatic carbocycles. The van der Waals surface area contributed by atoms with Crippen molar-refractivity contribution in [1.82, 2.24) is 14.9 Å². The zero-order valence-electron chi connectivity index (χ0n) is 18.5. The van der Waals surface area contributed by atoms with Crippen LogP contribution in [0.1, 0.15) is 36.2 Å². The maximum Gasteiger partial charge on any atom is 0.200 e. The van der Waals surface area contributed by atoms with Gasteiger partial charge in [0.25, 0.3) is 0 Å². The number of ketones is 1. The molecular formula is C25H29N5O2. The Morgan fingerprint density at radius 2 is 1.84 bits per heavy atom. The van der Waals surface area contributed by atoms with E-state index in [1.54, 1.807) is 24.3 Å². The van der Waals surface area contributed by atoms with Crippen LogP contribution in [0.25, 0.3) is 0 Å². The smallest absolute Gasteiger partial charge is 0.200 e. The number of ether oxygens (including phenoxy) is 1. The van der Waals surface area contributed by atoms with Gasteiger partial charge in [0, 0.05) is 31.2 Å². The summed E-state index contributed by atoms with van der Waals surface area (Å²) >= 11 is 0. The maximum absolute atomic E-state index is 13.3. The third-order valence-corrected chi connectivity index (χ3v) is 5.44. The molecule has 166 valence electrons. The number of likely N-dealkylation sites (tertiary alicyclic amines) is 1. The van der Waals surface area contributed by atoms with Crippen LogP contribution in [0.4, 0.5) is 11.6 Å². The summed E-state index contributed by atoms with van der Waals surface area (Å²) in [5, 5.41) is 3.43. The summed E-state index contributed by atoms with van der Waals surface area (Å²) in [6.45, 7) is 7.45. The van der Waals surface area contributed by atoms with E-state index in [4.69, 9.17) is 10.5 Å². The minimum atomic E-state index is -0.214. The highest BCUT2D eigenvalue weighted by Crippen LogP contribution is 2.26. The molecule has 7 nitrogen and oxygen atoms in total. The van der Waals surface area contributed by atoms with Crippen molar-refractivity contribution in [1.29, 1.82) is 0 Å². The number of nitrogens with one attached hydrogen (secondary N) is 1. The number of carbonyl (C=O) groups excluding carboxylic acids is 1. The molecule has 1 fully saturated rings. The third kappa shape index (κ3) is 5.23. The second-order valence-electron chi connectivity index (χ2n) is 8.53. The van der Waals surface area contributed by atoms with Crippen LogP contribution in [0.5, 0.6) is 11.5 Å². The Kier molecular flexibility index (Phi) is 6.66. The molecule has 1 saturated heterocycles. The van der Waals surface area contributed by atoms with Gasteiger partial charge in [-0.1, -0.05) is 32.0 Å². The first-order valence-electron chi connectivity index (χ1n) is 11.0. The summed E-state index contributed by atoms with van der Waals surface area (Å²) in [5.41, 5.74) is 6.93. The molecule has 0 spiro atoms. The van der Waals surface area contributed by atoms with Crippen molar-refractivity contribution >= 4 is 17.4 Å². The van der Waals surface area contributed by atoms with E-state index in [2.05, 4.69) is 34.0 Å². The van der Waals surface area contributed by atoms with Gasteiger partial charge >= 0.3 is 0 Å². The van der Waals surface area contributed by atoms with Crippen LogP contribution in [0, 0.1) is 5.92 Å². The van der Waals surface area contributed by atoms with Gasteiger partial charge in [-0.2, -0.15) is 0 Å². The molecule has 0 aliphatic carbocycles. The van der Waals surface area contributed by atoms with Crippen molar-refractivity contribution < 1.29 is 9.53 Å². The highest BCUT2D eigenvalue weighted by molar-refractivity contribution is 6.14. The highest BCUT2D eigenvalue weighted by atomic mass is 16.5. The molecule has 0 amide bonds. The molecule has 32 heavy (non-hydrogen) atoms.